The molecule has 1 aromatic heterocycles. The molecular weight excluding hydrogens is 337 g/mol. The van der Waals surface area contributed by atoms with Gasteiger partial charge in [-0.15, -0.1) is 0 Å². The van der Waals surface area contributed by atoms with Crippen molar-refractivity contribution in [2.24, 2.45) is 5.73 Å². The Kier molecular flexibility index (Phi) is 6.17. The van der Waals surface area contributed by atoms with Crippen LogP contribution in [0.5, 0.6) is 0 Å². The summed E-state index contributed by atoms with van der Waals surface area (Å²) in [6.07, 6.45) is 4.39. The van der Waals surface area contributed by atoms with Crippen LogP contribution >= 0.6 is 0 Å². The van der Waals surface area contributed by atoms with Gasteiger partial charge in [0, 0.05) is 35.5 Å². The Balaban J connectivity index is 0.00000102. The molecule has 27 heavy (non-hydrogen) atoms. The van der Waals surface area contributed by atoms with Crippen LogP contribution in [0.15, 0.2) is 36.4 Å². The molecule has 0 unspecified atom stereocenters. The molecule has 1 aliphatic rings. The maximum Gasteiger partial charge on any atom is 0.149 e. The smallest absolute Gasteiger partial charge is 0.149 e. The van der Waals surface area contributed by atoms with E-state index in [1.807, 2.05) is 26.0 Å². The van der Waals surface area contributed by atoms with Crippen molar-refractivity contribution in [3.05, 3.63) is 59.0 Å². The van der Waals surface area contributed by atoms with E-state index >= 15 is 0 Å². The van der Waals surface area contributed by atoms with E-state index in [4.69, 9.17) is 5.73 Å². The number of rotatable bonds is 4. The largest absolute Gasteiger partial charge is 0.355 e. The third-order valence-electron chi connectivity index (χ3n) is 5.12. The van der Waals surface area contributed by atoms with Crippen LogP contribution < -0.4 is 11.1 Å². The van der Waals surface area contributed by atoms with E-state index in [-0.39, 0.29) is 5.82 Å². The molecule has 3 aromatic rings. The van der Waals surface area contributed by atoms with Gasteiger partial charge in [0.1, 0.15) is 5.82 Å². The van der Waals surface area contributed by atoms with E-state index in [1.54, 1.807) is 6.07 Å². The van der Waals surface area contributed by atoms with Gasteiger partial charge in [-0.05, 0) is 62.4 Å². The van der Waals surface area contributed by atoms with Crippen molar-refractivity contribution >= 4 is 22.3 Å². The summed E-state index contributed by atoms with van der Waals surface area (Å²) in [5.74, 6) is -0.171. The summed E-state index contributed by atoms with van der Waals surface area (Å²) in [6.45, 7) is 7.26. The van der Waals surface area contributed by atoms with Gasteiger partial charge in [0.15, 0.2) is 0 Å². The molecule has 4 rings (SSSR count). The van der Waals surface area contributed by atoms with E-state index in [0.29, 0.717) is 18.6 Å². The molecule has 1 aliphatic carbocycles. The first-order chi connectivity index (χ1) is 13.2. The summed E-state index contributed by atoms with van der Waals surface area (Å²) in [6, 6.07) is 11.8. The van der Waals surface area contributed by atoms with Crippen LogP contribution in [0.3, 0.4) is 0 Å². The lowest BCUT2D eigenvalue weighted by molar-refractivity contribution is 0.597. The average molecular weight is 368 g/mol. The molecule has 0 atom stereocenters. The number of nitrogens with two attached hydrogens (primary N) is 1. The predicted molar refractivity (Wildman–Crippen MR) is 113 cm³/mol. The Morgan fingerprint density at radius 3 is 2.44 bits per heavy atom. The highest BCUT2D eigenvalue weighted by Crippen LogP contribution is 2.36. The van der Waals surface area contributed by atoms with E-state index in [2.05, 4.69) is 35.0 Å². The molecule has 144 valence electrons. The fraction of sp³-hybridized carbons (Fsp3) is 0.391. The van der Waals surface area contributed by atoms with Gasteiger partial charge in [-0.25, -0.2) is 4.39 Å². The van der Waals surface area contributed by atoms with Gasteiger partial charge in [0.2, 0.25) is 0 Å². The van der Waals surface area contributed by atoms with Crippen molar-refractivity contribution in [2.75, 3.05) is 11.9 Å². The third kappa shape index (κ3) is 3.86. The van der Waals surface area contributed by atoms with Crippen LogP contribution in [0, 0.1) is 12.7 Å². The van der Waals surface area contributed by atoms with Crippen molar-refractivity contribution in [1.82, 2.24) is 4.57 Å². The quantitative estimate of drug-likeness (QED) is 0.621. The van der Waals surface area contributed by atoms with Crippen LogP contribution in [-0.2, 0) is 19.4 Å². The molecule has 3 N–H and O–H groups in total. The zero-order valence-corrected chi connectivity index (χ0v) is 16.6. The van der Waals surface area contributed by atoms with E-state index < -0.39 is 0 Å². The summed E-state index contributed by atoms with van der Waals surface area (Å²) in [5.41, 5.74) is 12.1. The van der Waals surface area contributed by atoms with Crippen molar-refractivity contribution in [1.29, 1.82) is 0 Å². The lowest BCUT2D eigenvalue weighted by atomic mass is 9.95. The van der Waals surface area contributed by atoms with Gasteiger partial charge in [0.25, 0.3) is 0 Å². The molecule has 4 heteroatoms. The summed E-state index contributed by atoms with van der Waals surface area (Å²) in [7, 11) is 0. The van der Waals surface area contributed by atoms with Crippen LogP contribution in [0.2, 0.25) is 0 Å². The molecular formula is C23H30FN3. The van der Waals surface area contributed by atoms with Gasteiger partial charge >= 0.3 is 0 Å². The fourth-order valence-corrected chi connectivity index (χ4v) is 3.97. The summed E-state index contributed by atoms with van der Waals surface area (Å²) in [4.78, 5) is 0. The Bertz CT molecular complexity index is 910. The molecule has 1 heterocycles. The molecule has 0 amide bonds. The number of aryl methyl sites for hydroxylation is 2. The molecule has 0 fully saturated rings. The highest BCUT2D eigenvalue weighted by Gasteiger charge is 2.22. The Morgan fingerprint density at radius 1 is 1.04 bits per heavy atom. The van der Waals surface area contributed by atoms with Gasteiger partial charge < -0.3 is 15.6 Å². The van der Waals surface area contributed by atoms with Crippen molar-refractivity contribution < 1.29 is 4.39 Å². The molecule has 0 aliphatic heterocycles. The van der Waals surface area contributed by atoms with E-state index in [0.717, 1.165) is 29.6 Å². The first kappa shape index (κ1) is 19.4. The molecule has 0 radical (unpaired) electrons. The average Bonchev–Trinajstić information content (AvgIpc) is 3.00. The maximum absolute atomic E-state index is 15.0. The summed E-state index contributed by atoms with van der Waals surface area (Å²) in [5, 5.41) is 4.38. The zero-order valence-electron chi connectivity index (χ0n) is 16.6. The van der Waals surface area contributed by atoms with Crippen LogP contribution in [0.4, 0.5) is 15.8 Å². The Morgan fingerprint density at radius 2 is 1.74 bits per heavy atom. The van der Waals surface area contributed by atoms with Crippen molar-refractivity contribution in [3.8, 4) is 0 Å². The topological polar surface area (TPSA) is 43.0 Å². The lowest BCUT2D eigenvalue weighted by Crippen LogP contribution is -2.14. The molecule has 3 nitrogen and oxygen atoms in total. The van der Waals surface area contributed by atoms with Gasteiger partial charge in [-0.2, -0.15) is 0 Å². The van der Waals surface area contributed by atoms with Gasteiger partial charge in [0.05, 0.1) is 5.52 Å². The second-order valence-electron chi connectivity index (χ2n) is 6.92. The monoisotopic (exact) mass is 367 g/mol. The minimum atomic E-state index is -0.171. The van der Waals surface area contributed by atoms with Crippen molar-refractivity contribution in [2.45, 2.75) is 53.0 Å². The minimum Gasteiger partial charge on any atom is -0.355 e. The normalized spacial score (nSPS) is 13.1. The van der Waals surface area contributed by atoms with E-state index in [9.17, 15) is 4.39 Å². The second kappa shape index (κ2) is 8.57. The predicted octanol–water partition coefficient (Wildman–Crippen LogP) is 5.70. The lowest BCUT2D eigenvalue weighted by Gasteiger charge is -2.15. The number of benzene rings is 2. The third-order valence-corrected chi connectivity index (χ3v) is 5.12. The fourth-order valence-electron chi connectivity index (χ4n) is 3.97. The van der Waals surface area contributed by atoms with Gasteiger partial charge in [-0.1, -0.05) is 31.5 Å². The number of anilines is 2. The molecule has 2 aromatic carbocycles. The second-order valence-corrected chi connectivity index (χ2v) is 6.92. The number of halogens is 1. The summed E-state index contributed by atoms with van der Waals surface area (Å²) < 4.78 is 17.1. The molecule has 0 spiro atoms. The minimum absolute atomic E-state index is 0.171. The number of hydrogen-bond acceptors (Lipinski definition) is 2. The first-order valence-electron chi connectivity index (χ1n) is 10.0. The zero-order chi connectivity index (χ0) is 19.4. The van der Waals surface area contributed by atoms with Crippen LogP contribution in [0.25, 0.3) is 10.9 Å². The highest BCUT2D eigenvalue weighted by molar-refractivity contribution is 5.90. The molecule has 0 saturated heterocycles. The summed E-state index contributed by atoms with van der Waals surface area (Å²) >= 11 is 0. The first-order valence-corrected chi connectivity index (χ1v) is 10.0. The highest BCUT2D eigenvalue weighted by atomic mass is 19.1. The number of hydrogen-bond donors (Lipinski definition) is 2. The van der Waals surface area contributed by atoms with E-state index in [1.165, 1.54) is 29.7 Å². The van der Waals surface area contributed by atoms with Crippen LogP contribution in [-0.4, -0.2) is 11.1 Å². The number of nitrogens with one attached hydrogen (secondary N) is 1. The van der Waals surface area contributed by atoms with Gasteiger partial charge in [-0.3, -0.25) is 0 Å². The SMILES string of the molecule is CC.Cc1ccc(Nc2cc(F)c3c(c2)c2c(n3CCN)CCCC2)cc1. The Labute approximate surface area is 161 Å². The van der Waals surface area contributed by atoms with Crippen molar-refractivity contribution in [3.63, 3.8) is 0 Å². The standard InChI is InChI=1S/C21H24FN3.C2H6/c1-14-6-8-15(9-7-14)24-16-12-18-17-4-2-3-5-20(17)25(11-10-23)21(18)19(22)13-16;1-2/h6-9,12-13,24H,2-5,10-11,23H2,1H3;1-2H3. The van der Waals surface area contributed by atoms with Crippen LogP contribution in [0.1, 0.15) is 43.5 Å². The maximum atomic E-state index is 15.0. The number of fused-ring (bicyclic) bond motifs is 3. The number of aromatic nitrogens is 1. The Hall–Kier alpha value is -2.33. The number of nitrogens with zero attached hydrogens (tertiary/aromatic N) is 1. The molecule has 0 saturated carbocycles. The molecule has 0 bridgehead atoms.